The Bertz CT molecular complexity index is 580. The molecule has 1 aromatic heterocycles. The molecule has 0 amide bonds. The van der Waals surface area contributed by atoms with E-state index in [4.69, 9.17) is 26.8 Å². The Kier molecular flexibility index (Phi) is 3.47. The van der Waals surface area contributed by atoms with Crippen LogP contribution in [0.2, 0.25) is 5.02 Å². The lowest BCUT2D eigenvalue weighted by molar-refractivity contribution is 0.369. The largest absolute Gasteiger partial charge is 0.489 e. The summed E-state index contributed by atoms with van der Waals surface area (Å²) in [5, 5.41) is 0.120. The van der Waals surface area contributed by atoms with Crippen molar-refractivity contribution in [1.29, 1.82) is 0 Å². The highest BCUT2D eigenvalue weighted by Crippen LogP contribution is 2.35. The number of methoxy groups -OCH3 is 1. The molecule has 0 aliphatic rings. The molecule has 0 aliphatic heterocycles. The van der Waals surface area contributed by atoms with Gasteiger partial charge in [-0.25, -0.2) is 9.37 Å². The van der Waals surface area contributed by atoms with E-state index in [-0.39, 0.29) is 28.2 Å². The highest BCUT2D eigenvalue weighted by atomic mass is 35.5. The van der Waals surface area contributed by atoms with Gasteiger partial charge in [0.1, 0.15) is 17.9 Å². The predicted octanol–water partition coefficient (Wildman–Crippen LogP) is 2.65. The zero-order chi connectivity index (χ0) is 13.1. The second kappa shape index (κ2) is 5.05. The summed E-state index contributed by atoms with van der Waals surface area (Å²) in [5.41, 5.74) is 5.60. The Morgan fingerprint density at radius 3 is 2.78 bits per heavy atom. The number of hydrogen-bond donors (Lipinski definition) is 1. The van der Waals surface area contributed by atoms with Crippen molar-refractivity contribution < 1.29 is 13.9 Å². The Labute approximate surface area is 107 Å². The molecule has 5 nitrogen and oxygen atoms in total. The summed E-state index contributed by atoms with van der Waals surface area (Å²) in [7, 11) is 1.41. The van der Waals surface area contributed by atoms with Gasteiger partial charge in [-0.1, -0.05) is 11.6 Å². The van der Waals surface area contributed by atoms with Gasteiger partial charge < -0.3 is 15.2 Å². The molecule has 0 fully saturated rings. The van der Waals surface area contributed by atoms with Crippen molar-refractivity contribution in [2.75, 3.05) is 12.8 Å². The van der Waals surface area contributed by atoms with Gasteiger partial charge in [0.05, 0.1) is 12.1 Å². The highest BCUT2D eigenvalue weighted by Gasteiger charge is 2.13. The maximum atomic E-state index is 12.9. The summed E-state index contributed by atoms with van der Waals surface area (Å²) in [6.07, 6.45) is 1.23. The standard InChI is InChI=1S/C11H9ClFN3O2/c1-17-9-10(14)15-5-16-11(9)18-8-3-2-6(13)4-7(8)12/h2-5H,1H3,(H2,14,15,16). The average Bonchev–Trinajstić information content (AvgIpc) is 2.33. The summed E-state index contributed by atoms with van der Waals surface area (Å²) in [6.45, 7) is 0. The van der Waals surface area contributed by atoms with Gasteiger partial charge >= 0.3 is 0 Å². The lowest BCUT2D eigenvalue weighted by Gasteiger charge is -2.10. The zero-order valence-electron chi connectivity index (χ0n) is 9.35. The van der Waals surface area contributed by atoms with Gasteiger partial charge in [-0.2, -0.15) is 4.98 Å². The van der Waals surface area contributed by atoms with E-state index in [2.05, 4.69) is 9.97 Å². The van der Waals surface area contributed by atoms with E-state index < -0.39 is 5.82 Å². The summed E-state index contributed by atoms with van der Waals surface area (Å²) in [6, 6.07) is 3.74. The van der Waals surface area contributed by atoms with Crippen molar-refractivity contribution in [3.63, 3.8) is 0 Å². The normalized spacial score (nSPS) is 10.2. The van der Waals surface area contributed by atoms with Crippen molar-refractivity contribution in [1.82, 2.24) is 9.97 Å². The first-order chi connectivity index (χ1) is 8.61. The van der Waals surface area contributed by atoms with Crippen LogP contribution in [0.15, 0.2) is 24.5 Å². The third-order valence-corrected chi connectivity index (χ3v) is 2.40. The van der Waals surface area contributed by atoms with E-state index in [9.17, 15) is 4.39 Å². The van der Waals surface area contributed by atoms with Crippen LogP contribution in [0.1, 0.15) is 0 Å². The minimum atomic E-state index is -0.457. The van der Waals surface area contributed by atoms with E-state index in [0.717, 1.165) is 6.07 Å². The van der Waals surface area contributed by atoms with Gasteiger partial charge in [0.2, 0.25) is 5.75 Å². The average molecular weight is 270 g/mol. The second-order valence-corrected chi connectivity index (χ2v) is 3.68. The summed E-state index contributed by atoms with van der Waals surface area (Å²) < 4.78 is 23.3. The van der Waals surface area contributed by atoms with E-state index in [1.807, 2.05) is 0 Å². The van der Waals surface area contributed by atoms with Crippen LogP contribution < -0.4 is 15.2 Å². The van der Waals surface area contributed by atoms with Crippen LogP contribution in [-0.4, -0.2) is 17.1 Å². The van der Waals surface area contributed by atoms with E-state index in [1.54, 1.807) is 0 Å². The molecule has 0 spiro atoms. The maximum absolute atomic E-state index is 12.9. The minimum absolute atomic E-state index is 0.110. The molecule has 0 unspecified atom stereocenters. The molecular formula is C11H9ClFN3O2. The lowest BCUT2D eigenvalue weighted by atomic mass is 10.3. The molecule has 2 N–H and O–H groups in total. The monoisotopic (exact) mass is 269 g/mol. The fourth-order valence-corrected chi connectivity index (χ4v) is 1.50. The highest BCUT2D eigenvalue weighted by molar-refractivity contribution is 6.32. The number of benzene rings is 1. The SMILES string of the molecule is COc1c(N)ncnc1Oc1ccc(F)cc1Cl. The smallest absolute Gasteiger partial charge is 0.268 e. The van der Waals surface area contributed by atoms with Crippen LogP contribution >= 0.6 is 11.6 Å². The van der Waals surface area contributed by atoms with Gasteiger partial charge in [-0.15, -0.1) is 0 Å². The van der Waals surface area contributed by atoms with Gasteiger partial charge in [-0.3, -0.25) is 0 Å². The number of nitrogens with two attached hydrogens (primary N) is 1. The second-order valence-electron chi connectivity index (χ2n) is 3.27. The molecular weight excluding hydrogens is 261 g/mol. The summed E-state index contributed by atoms with van der Waals surface area (Å²) in [5.74, 6) is 0.230. The minimum Gasteiger partial charge on any atom is -0.489 e. The summed E-state index contributed by atoms with van der Waals surface area (Å²) in [4.78, 5) is 7.64. The van der Waals surface area contributed by atoms with E-state index in [1.165, 1.54) is 25.6 Å². The van der Waals surface area contributed by atoms with Crippen LogP contribution in [0.3, 0.4) is 0 Å². The molecule has 0 bridgehead atoms. The van der Waals surface area contributed by atoms with Crippen LogP contribution in [0, 0.1) is 5.82 Å². The molecule has 2 aromatic rings. The first kappa shape index (κ1) is 12.4. The molecule has 0 saturated carbocycles. The number of anilines is 1. The fourth-order valence-electron chi connectivity index (χ4n) is 1.30. The van der Waals surface area contributed by atoms with Gasteiger partial charge in [0.25, 0.3) is 5.88 Å². The molecule has 2 rings (SSSR count). The van der Waals surface area contributed by atoms with Crippen molar-refractivity contribution in [3.05, 3.63) is 35.4 Å². The fraction of sp³-hybridized carbons (Fsp3) is 0.0909. The number of rotatable bonds is 3. The molecule has 7 heteroatoms. The van der Waals surface area contributed by atoms with Gasteiger partial charge in [0, 0.05) is 0 Å². The molecule has 94 valence electrons. The number of ether oxygens (including phenoxy) is 2. The molecule has 0 atom stereocenters. The van der Waals surface area contributed by atoms with Crippen molar-refractivity contribution >= 4 is 17.4 Å². The molecule has 1 heterocycles. The molecule has 1 aromatic carbocycles. The predicted molar refractivity (Wildman–Crippen MR) is 64.5 cm³/mol. The van der Waals surface area contributed by atoms with E-state index in [0.29, 0.717) is 0 Å². The van der Waals surface area contributed by atoms with Gasteiger partial charge in [-0.05, 0) is 18.2 Å². The first-order valence-electron chi connectivity index (χ1n) is 4.89. The molecule has 18 heavy (non-hydrogen) atoms. The Hall–Kier alpha value is -2.08. The lowest BCUT2D eigenvalue weighted by Crippen LogP contribution is -2.00. The number of aromatic nitrogens is 2. The number of nitrogens with zero attached hydrogens (tertiary/aromatic N) is 2. The number of halogens is 2. The first-order valence-corrected chi connectivity index (χ1v) is 5.27. The van der Waals surface area contributed by atoms with Gasteiger partial charge in [0.15, 0.2) is 5.82 Å². The Morgan fingerprint density at radius 1 is 1.33 bits per heavy atom. The van der Waals surface area contributed by atoms with Crippen LogP contribution in [0.5, 0.6) is 17.4 Å². The molecule has 0 radical (unpaired) electrons. The van der Waals surface area contributed by atoms with Crippen LogP contribution in [-0.2, 0) is 0 Å². The van der Waals surface area contributed by atoms with Crippen LogP contribution in [0.25, 0.3) is 0 Å². The third-order valence-electron chi connectivity index (χ3n) is 2.10. The third kappa shape index (κ3) is 2.43. The quantitative estimate of drug-likeness (QED) is 0.927. The van der Waals surface area contributed by atoms with Crippen molar-refractivity contribution in [2.24, 2.45) is 0 Å². The zero-order valence-corrected chi connectivity index (χ0v) is 10.1. The maximum Gasteiger partial charge on any atom is 0.268 e. The van der Waals surface area contributed by atoms with Crippen molar-refractivity contribution in [3.8, 4) is 17.4 Å². The van der Waals surface area contributed by atoms with Crippen LogP contribution in [0.4, 0.5) is 10.2 Å². The summed E-state index contributed by atoms with van der Waals surface area (Å²) >= 11 is 5.83. The Morgan fingerprint density at radius 2 is 2.11 bits per heavy atom. The topological polar surface area (TPSA) is 70.3 Å². The van der Waals surface area contributed by atoms with E-state index >= 15 is 0 Å². The molecule has 0 saturated heterocycles. The molecule has 0 aliphatic carbocycles. The number of hydrogen-bond acceptors (Lipinski definition) is 5. The Balaban J connectivity index is 2.37. The van der Waals surface area contributed by atoms with Crippen molar-refractivity contribution in [2.45, 2.75) is 0 Å². The number of nitrogen functional groups attached to an aromatic ring is 1.